The van der Waals surface area contributed by atoms with Crippen molar-refractivity contribution in [1.82, 2.24) is 4.98 Å². The molecule has 2 N–H and O–H groups in total. The van der Waals surface area contributed by atoms with Gasteiger partial charge in [-0.2, -0.15) is 0 Å². The van der Waals surface area contributed by atoms with Gasteiger partial charge in [0, 0.05) is 29.4 Å². The maximum atomic E-state index is 12.9. The third kappa shape index (κ3) is 4.52. The molecule has 0 aliphatic rings. The van der Waals surface area contributed by atoms with Crippen molar-refractivity contribution in [1.29, 1.82) is 0 Å². The molecule has 0 radical (unpaired) electrons. The van der Waals surface area contributed by atoms with Crippen LogP contribution in [0.2, 0.25) is 0 Å². The monoisotopic (exact) mass is 396 g/mol. The molecule has 144 valence electrons. The van der Waals surface area contributed by atoms with E-state index in [0.29, 0.717) is 27.0 Å². The van der Waals surface area contributed by atoms with Crippen molar-refractivity contribution >= 4 is 33.8 Å². The molecule has 1 amide bonds. The van der Waals surface area contributed by atoms with Crippen molar-refractivity contribution in [3.8, 4) is 11.3 Å². The Bertz CT molecular complexity index is 971. The van der Waals surface area contributed by atoms with Crippen LogP contribution in [0.4, 0.5) is 16.5 Å². The molecule has 1 aromatic heterocycles. The van der Waals surface area contributed by atoms with Crippen molar-refractivity contribution in [2.75, 3.05) is 10.6 Å². The van der Waals surface area contributed by atoms with Crippen molar-refractivity contribution < 1.29 is 9.72 Å². The first-order valence-electron chi connectivity index (χ1n) is 8.86. The first-order valence-corrected chi connectivity index (χ1v) is 9.68. The van der Waals surface area contributed by atoms with Gasteiger partial charge in [-0.05, 0) is 37.6 Å². The minimum absolute atomic E-state index is 0.00720. The van der Waals surface area contributed by atoms with Crippen molar-refractivity contribution in [3.05, 3.63) is 69.6 Å². The van der Waals surface area contributed by atoms with Gasteiger partial charge in [0.25, 0.3) is 11.6 Å². The highest BCUT2D eigenvalue weighted by Gasteiger charge is 2.21. The van der Waals surface area contributed by atoms with E-state index in [9.17, 15) is 14.9 Å². The molecular weight excluding hydrogens is 376 g/mol. The molecule has 2 aromatic carbocycles. The third-order valence-electron chi connectivity index (χ3n) is 4.20. The summed E-state index contributed by atoms with van der Waals surface area (Å²) in [6.07, 6.45) is 0.915. The smallest absolute Gasteiger partial charge is 0.269 e. The highest BCUT2D eigenvalue weighted by molar-refractivity contribution is 7.18. The van der Waals surface area contributed by atoms with Crippen LogP contribution in [-0.2, 0) is 0 Å². The van der Waals surface area contributed by atoms with Gasteiger partial charge < -0.3 is 10.6 Å². The van der Waals surface area contributed by atoms with Crippen LogP contribution in [0.5, 0.6) is 0 Å². The largest absolute Gasteiger partial charge is 0.359 e. The SMILES string of the molecule is CCC(C)Nc1nc(-c2ccc([N+](=O)[O-])cc2)c(C(=O)Nc2ccccc2)s1. The molecule has 0 aliphatic heterocycles. The van der Waals surface area contributed by atoms with Crippen LogP contribution in [0, 0.1) is 10.1 Å². The number of hydrogen-bond donors (Lipinski definition) is 2. The maximum Gasteiger partial charge on any atom is 0.269 e. The minimum atomic E-state index is -0.455. The summed E-state index contributed by atoms with van der Waals surface area (Å²) in [6, 6.07) is 15.4. The van der Waals surface area contributed by atoms with Gasteiger partial charge in [-0.3, -0.25) is 14.9 Å². The van der Waals surface area contributed by atoms with Gasteiger partial charge in [0.1, 0.15) is 4.88 Å². The molecule has 0 aliphatic carbocycles. The molecule has 0 saturated carbocycles. The molecule has 0 fully saturated rings. The molecule has 1 heterocycles. The first-order chi connectivity index (χ1) is 13.5. The number of non-ortho nitro benzene ring substituents is 1. The topological polar surface area (TPSA) is 97.2 Å². The van der Waals surface area contributed by atoms with E-state index in [-0.39, 0.29) is 17.6 Å². The summed E-state index contributed by atoms with van der Waals surface area (Å²) < 4.78 is 0. The van der Waals surface area contributed by atoms with E-state index in [4.69, 9.17) is 0 Å². The molecule has 1 unspecified atom stereocenters. The molecule has 8 heteroatoms. The van der Waals surface area contributed by atoms with Crippen molar-refractivity contribution in [3.63, 3.8) is 0 Å². The Hall–Kier alpha value is -3.26. The lowest BCUT2D eigenvalue weighted by Crippen LogP contribution is -2.12. The quantitative estimate of drug-likeness (QED) is 0.423. The second kappa shape index (κ2) is 8.62. The van der Waals surface area contributed by atoms with E-state index >= 15 is 0 Å². The molecule has 3 rings (SSSR count). The molecule has 7 nitrogen and oxygen atoms in total. The number of thiazole rings is 1. The second-order valence-electron chi connectivity index (χ2n) is 6.27. The number of benzene rings is 2. The maximum absolute atomic E-state index is 12.9. The van der Waals surface area contributed by atoms with Crippen LogP contribution < -0.4 is 10.6 Å². The number of carbonyl (C=O) groups excluding carboxylic acids is 1. The zero-order valence-corrected chi connectivity index (χ0v) is 16.3. The minimum Gasteiger partial charge on any atom is -0.359 e. The van der Waals surface area contributed by atoms with Gasteiger partial charge in [-0.25, -0.2) is 4.98 Å². The molecule has 0 bridgehead atoms. The van der Waals surface area contributed by atoms with Gasteiger partial charge in [-0.15, -0.1) is 0 Å². The summed E-state index contributed by atoms with van der Waals surface area (Å²) in [6.45, 7) is 4.10. The third-order valence-corrected chi connectivity index (χ3v) is 5.18. The van der Waals surface area contributed by atoms with E-state index in [0.717, 1.165) is 6.42 Å². The van der Waals surface area contributed by atoms with Crippen LogP contribution in [0.15, 0.2) is 54.6 Å². The van der Waals surface area contributed by atoms with Gasteiger partial charge >= 0.3 is 0 Å². The van der Waals surface area contributed by atoms with E-state index in [2.05, 4.69) is 22.5 Å². The molecule has 3 aromatic rings. The fourth-order valence-electron chi connectivity index (χ4n) is 2.49. The molecular formula is C20H20N4O3S. The Morgan fingerprint density at radius 1 is 1.18 bits per heavy atom. The Kier molecular flexibility index (Phi) is 6.00. The molecule has 0 saturated heterocycles. The number of nitro benzene ring substituents is 1. The number of nitrogens with zero attached hydrogens (tertiary/aromatic N) is 2. The van der Waals surface area contributed by atoms with E-state index in [1.54, 1.807) is 12.1 Å². The molecule has 0 spiro atoms. The number of hydrogen-bond acceptors (Lipinski definition) is 6. The van der Waals surface area contributed by atoms with Gasteiger partial charge in [0.2, 0.25) is 0 Å². The predicted octanol–water partition coefficient (Wildman–Crippen LogP) is 5.18. The number of aromatic nitrogens is 1. The van der Waals surface area contributed by atoms with Crippen LogP contribution in [0.3, 0.4) is 0 Å². The van der Waals surface area contributed by atoms with Crippen LogP contribution >= 0.6 is 11.3 Å². The average Bonchev–Trinajstić information content (AvgIpc) is 3.12. The van der Waals surface area contributed by atoms with Crippen molar-refractivity contribution in [2.24, 2.45) is 0 Å². The summed E-state index contributed by atoms with van der Waals surface area (Å²) in [5, 5.41) is 17.7. The summed E-state index contributed by atoms with van der Waals surface area (Å²) in [4.78, 5) is 28.4. The van der Waals surface area contributed by atoms with Gasteiger partial charge in [0.05, 0.1) is 10.6 Å². The highest BCUT2D eigenvalue weighted by atomic mass is 32.1. The molecule has 28 heavy (non-hydrogen) atoms. The standard InChI is InChI=1S/C20H20N4O3S/c1-3-13(2)21-20-23-17(14-9-11-16(12-10-14)24(26)27)18(28-20)19(25)22-15-7-5-4-6-8-15/h4-13H,3H2,1-2H3,(H,21,23)(H,22,25). The van der Waals surface area contributed by atoms with Crippen LogP contribution in [-0.4, -0.2) is 21.9 Å². The Morgan fingerprint density at radius 3 is 2.46 bits per heavy atom. The lowest BCUT2D eigenvalue weighted by molar-refractivity contribution is -0.384. The number of anilines is 2. The fraction of sp³-hybridized carbons (Fsp3) is 0.200. The van der Waals surface area contributed by atoms with Gasteiger partial charge in [0.15, 0.2) is 5.13 Å². The molecule has 1 atom stereocenters. The van der Waals surface area contributed by atoms with E-state index in [1.807, 2.05) is 37.3 Å². The summed E-state index contributed by atoms with van der Waals surface area (Å²) in [5.74, 6) is -0.269. The number of para-hydroxylation sites is 1. The number of carbonyl (C=O) groups is 1. The first kappa shape index (κ1) is 19.5. The Labute approximate surface area is 166 Å². The van der Waals surface area contributed by atoms with Crippen LogP contribution in [0.1, 0.15) is 29.9 Å². The highest BCUT2D eigenvalue weighted by Crippen LogP contribution is 2.33. The lowest BCUT2D eigenvalue weighted by Gasteiger charge is -2.08. The zero-order chi connectivity index (χ0) is 20.1. The number of amides is 1. The number of nitro groups is 1. The van der Waals surface area contributed by atoms with Crippen molar-refractivity contribution in [2.45, 2.75) is 26.3 Å². The number of nitrogens with one attached hydrogen (secondary N) is 2. The average molecular weight is 396 g/mol. The normalized spacial score (nSPS) is 11.6. The van der Waals surface area contributed by atoms with E-state index in [1.165, 1.54) is 23.5 Å². The van der Waals surface area contributed by atoms with E-state index < -0.39 is 4.92 Å². The Balaban J connectivity index is 1.96. The summed E-state index contributed by atoms with van der Waals surface area (Å²) in [7, 11) is 0. The summed E-state index contributed by atoms with van der Waals surface area (Å²) >= 11 is 1.27. The Morgan fingerprint density at radius 2 is 1.86 bits per heavy atom. The fourth-order valence-corrected chi connectivity index (χ4v) is 3.49. The van der Waals surface area contributed by atoms with Crippen LogP contribution in [0.25, 0.3) is 11.3 Å². The summed E-state index contributed by atoms with van der Waals surface area (Å²) in [5.41, 5.74) is 1.83. The second-order valence-corrected chi connectivity index (χ2v) is 7.27. The lowest BCUT2D eigenvalue weighted by atomic mass is 10.1. The predicted molar refractivity (Wildman–Crippen MR) is 112 cm³/mol. The van der Waals surface area contributed by atoms with Gasteiger partial charge in [-0.1, -0.05) is 36.5 Å². The number of rotatable bonds is 7. The zero-order valence-electron chi connectivity index (χ0n) is 15.5.